The zero-order chi connectivity index (χ0) is 18.4. The summed E-state index contributed by atoms with van der Waals surface area (Å²) in [6.07, 6.45) is 0. The first-order valence-corrected chi connectivity index (χ1v) is 9.28. The van der Waals surface area contributed by atoms with Gasteiger partial charge in [-0.15, -0.1) is 0 Å². The van der Waals surface area contributed by atoms with E-state index >= 15 is 0 Å². The van der Waals surface area contributed by atoms with E-state index in [2.05, 4.69) is 21.1 Å². The number of fused-ring (bicyclic) bond motifs is 3. The number of hydrogen-bond acceptors (Lipinski definition) is 3. The summed E-state index contributed by atoms with van der Waals surface area (Å²) in [5, 5.41) is 19.1. The molecule has 0 atom stereocenters. The van der Waals surface area contributed by atoms with Crippen LogP contribution in [0.4, 0.5) is 0 Å². The summed E-state index contributed by atoms with van der Waals surface area (Å²) >= 11 is 3.45. The lowest BCUT2D eigenvalue weighted by Crippen LogP contribution is -2.30. The Bertz CT molecular complexity index is 1280. The highest BCUT2D eigenvalue weighted by Gasteiger charge is 2.26. The van der Waals surface area contributed by atoms with Crippen molar-refractivity contribution in [3.05, 3.63) is 88.5 Å². The molecule has 0 radical (unpaired) electrons. The maximum absolute atomic E-state index is 13.3. The van der Waals surface area contributed by atoms with E-state index in [9.17, 15) is 5.21 Å². The van der Waals surface area contributed by atoms with Gasteiger partial charge < -0.3 is 9.73 Å². The number of nitrogens with zero attached hydrogens (tertiary/aromatic N) is 2. The van der Waals surface area contributed by atoms with E-state index in [4.69, 9.17) is 4.52 Å². The van der Waals surface area contributed by atoms with E-state index in [1.54, 1.807) is 0 Å². The molecule has 0 bridgehead atoms. The summed E-state index contributed by atoms with van der Waals surface area (Å²) in [5.74, 6) is 0.590. The van der Waals surface area contributed by atoms with Crippen molar-refractivity contribution in [3.63, 3.8) is 0 Å². The van der Waals surface area contributed by atoms with Crippen molar-refractivity contribution >= 4 is 37.7 Å². The Kier molecular flexibility index (Phi) is 3.69. The quantitative estimate of drug-likeness (QED) is 0.273. The minimum Gasteiger partial charge on any atom is -0.618 e. The van der Waals surface area contributed by atoms with Gasteiger partial charge in [0, 0.05) is 21.7 Å². The third kappa shape index (κ3) is 2.51. The number of rotatable bonds is 2. The lowest BCUT2D eigenvalue weighted by molar-refractivity contribution is -0.563. The highest BCUT2D eigenvalue weighted by molar-refractivity contribution is 9.10. The predicted molar refractivity (Wildman–Crippen MR) is 109 cm³/mol. The minimum atomic E-state index is 0.545. The first kappa shape index (κ1) is 16.0. The minimum absolute atomic E-state index is 0.545. The van der Waals surface area contributed by atoms with Gasteiger partial charge in [-0.25, -0.2) is 0 Å². The highest BCUT2D eigenvalue weighted by atomic mass is 79.9. The van der Waals surface area contributed by atoms with Crippen molar-refractivity contribution in [2.45, 2.75) is 0 Å². The molecule has 5 aromatic rings. The van der Waals surface area contributed by atoms with Gasteiger partial charge in [0.2, 0.25) is 11.2 Å². The molecule has 0 saturated heterocycles. The summed E-state index contributed by atoms with van der Waals surface area (Å²) in [7, 11) is 0. The highest BCUT2D eigenvalue weighted by Crippen LogP contribution is 2.37. The molecule has 3 aromatic carbocycles. The lowest BCUT2D eigenvalue weighted by Gasteiger charge is -2.10. The molecule has 0 saturated carbocycles. The summed E-state index contributed by atoms with van der Waals surface area (Å²) in [4.78, 5) is 0. The molecule has 130 valence electrons. The fourth-order valence-corrected chi connectivity index (χ4v) is 3.69. The van der Waals surface area contributed by atoms with Crippen LogP contribution in [0.1, 0.15) is 0 Å². The number of benzene rings is 3. The SMILES string of the molecule is [O-][n+]1c(-c2ccccc2)c2c(-c3ccc(Br)cc3)onc2c2ccccc21. The summed E-state index contributed by atoms with van der Waals surface area (Å²) in [6.45, 7) is 0. The molecule has 5 heteroatoms. The third-order valence-electron chi connectivity index (χ3n) is 4.66. The zero-order valence-corrected chi connectivity index (χ0v) is 15.7. The molecule has 0 fully saturated rings. The van der Waals surface area contributed by atoms with Crippen LogP contribution in [0.15, 0.2) is 87.9 Å². The van der Waals surface area contributed by atoms with Gasteiger partial charge in [-0.05, 0) is 42.5 Å². The van der Waals surface area contributed by atoms with Gasteiger partial charge in [-0.3, -0.25) is 0 Å². The molecule has 27 heavy (non-hydrogen) atoms. The van der Waals surface area contributed by atoms with Crippen LogP contribution in [0.3, 0.4) is 0 Å². The molecule has 4 nitrogen and oxygen atoms in total. The van der Waals surface area contributed by atoms with Crippen LogP contribution in [-0.2, 0) is 0 Å². The van der Waals surface area contributed by atoms with E-state index in [0.717, 1.165) is 31.1 Å². The zero-order valence-electron chi connectivity index (χ0n) is 14.1. The molecule has 5 rings (SSSR count). The van der Waals surface area contributed by atoms with E-state index in [0.29, 0.717) is 22.5 Å². The number of hydrogen-bond donors (Lipinski definition) is 0. The van der Waals surface area contributed by atoms with E-state index < -0.39 is 0 Å². The van der Waals surface area contributed by atoms with Crippen LogP contribution < -0.4 is 4.73 Å². The Morgan fingerprint density at radius 1 is 0.815 bits per heavy atom. The number of para-hydroxylation sites is 1. The van der Waals surface area contributed by atoms with Crippen LogP contribution in [0.25, 0.3) is 44.4 Å². The van der Waals surface area contributed by atoms with Gasteiger partial charge in [-0.1, -0.05) is 51.4 Å². The Morgan fingerprint density at radius 2 is 1.52 bits per heavy atom. The lowest BCUT2D eigenvalue weighted by atomic mass is 10.0. The summed E-state index contributed by atoms with van der Waals surface area (Å²) < 4.78 is 7.70. The van der Waals surface area contributed by atoms with Crippen LogP contribution in [0.2, 0.25) is 0 Å². The first-order chi connectivity index (χ1) is 13.2. The Labute approximate surface area is 163 Å². The molecule has 0 aliphatic heterocycles. The van der Waals surface area contributed by atoms with Crippen LogP contribution in [0.5, 0.6) is 0 Å². The molecular formula is C22H13BrN2O2. The van der Waals surface area contributed by atoms with Crippen molar-refractivity contribution in [1.82, 2.24) is 5.16 Å². The topological polar surface area (TPSA) is 53.0 Å². The standard InChI is InChI=1S/C22H13BrN2O2/c23-16-12-10-15(11-13-16)22-19-20(24-27-22)17-8-4-5-9-18(17)25(26)21(19)14-6-2-1-3-7-14/h1-13H. The second kappa shape index (κ2) is 6.21. The number of halogens is 1. The van der Waals surface area contributed by atoms with E-state index in [1.165, 1.54) is 0 Å². The summed E-state index contributed by atoms with van der Waals surface area (Å²) in [5.41, 5.74) is 3.50. The van der Waals surface area contributed by atoms with Gasteiger partial charge in [0.1, 0.15) is 10.9 Å². The van der Waals surface area contributed by atoms with Gasteiger partial charge in [0.05, 0.1) is 5.39 Å². The van der Waals surface area contributed by atoms with Crippen molar-refractivity contribution in [3.8, 4) is 22.6 Å². The van der Waals surface area contributed by atoms with Crippen LogP contribution >= 0.6 is 15.9 Å². The van der Waals surface area contributed by atoms with Gasteiger partial charge in [0.15, 0.2) is 5.76 Å². The second-order valence-electron chi connectivity index (χ2n) is 6.27. The fraction of sp³-hybridized carbons (Fsp3) is 0. The molecule has 2 heterocycles. The predicted octanol–water partition coefficient (Wildman–Crippen LogP) is 5.71. The smallest absolute Gasteiger partial charge is 0.237 e. The summed E-state index contributed by atoms with van der Waals surface area (Å²) in [6, 6.07) is 24.9. The van der Waals surface area contributed by atoms with Gasteiger partial charge >= 0.3 is 0 Å². The number of pyridine rings is 1. The Balaban J connectivity index is 1.96. The first-order valence-electron chi connectivity index (χ1n) is 8.49. The molecular weight excluding hydrogens is 404 g/mol. The van der Waals surface area contributed by atoms with Crippen LogP contribution in [0, 0.1) is 5.21 Å². The Hall–Kier alpha value is -3.18. The molecule has 2 aromatic heterocycles. The average Bonchev–Trinajstić information content (AvgIpc) is 3.15. The molecule has 0 N–H and O–H groups in total. The fourth-order valence-electron chi connectivity index (χ4n) is 3.42. The van der Waals surface area contributed by atoms with Crippen molar-refractivity contribution in [1.29, 1.82) is 0 Å². The van der Waals surface area contributed by atoms with Gasteiger partial charge in [-0.2, -0.15) is 4.73 Å². The second-order valence-corrected chi connectivity index (χ2v) is 7.18. The van der Waals surface area contributed by atoms with Crippen molar-refractivity contribution in [2.75, 3.05) is 0 Å². The van der Waals surface area contributed by atoms with E-state index in [1.807, 2.05) is 78.9 Å². The van der Waals surface area contributed by atoms with E-state index in [-0.39, 0.29) is 0 Å². The molecule has 0 spiro atoms. The van der Waals surface area contributed by atoms with Crippen molar-refractivity contribution < 1.29 is 9.25 Å². The maximum atomic E-state index is 13.3. The molecule has 0 amide bonds. The normalized spacial score (nSPS) is 11.3. The van der Waals surface area contributed by atoms with Gasteiger partial charge in [0.25, 0.3) is 0 Å². The monoisotopic (exact) mass is 416 g/mol. The number of aromatic nitrogens is 2. The largest absolute Gasteiger partial charge is 0.618 e. The maximum Gasteiger partial charge on any atom is 0.237 e. The molecule has 0 aliphatic rings. The van der Waals surface area contributed by atoms with Crippen molar-refractivity contribution in [2.24, 2.45) is 0 Å². The average molecular weight is 417 g/mol. The third-order valence-corrected chi connectivity index (χ3v) is 5.19. The molecule has 0 aliphatic carbocycles. The Morgan fingerprint density at radius 3 is 2.30 bits per heavy atom. The van der Waals surface area contributed by atoms with Crippen LogP contribution in [-0.4, -0.2) is 5.16 Å². The molecule has 0 unspecified atom stereocenters.